The zero-order valence-electron chi connectivity index (χ0n) is 23.3. The first kappa shape index (κ1) is 26.9. The first-order valence-electron chi connectivity index (χ1n) is 13.3. The van der Waals surface area contributed by atoms with Crippen LogP contribution in [0, 0.1) is 6.92 Å². The number of benzene rings is 2. The van der Waals surface area contributed by atoms with Gasteiger partial charge in [0.2, 0.25) is 0 Å². The number of thioether (sulfide) groups is 1. The van der Waals surface area contributed by atoms with E-state index < -0.39 is 0 Å². The lowest BCUT2D eigenvalue weighted by molar-refractivity contribution is -0.418. The summed E-state index contributed by atoms with van der Waals surface area (Å²) >= 11 is 1.80. The van der Waals surface area contributed by atoms with Crippen molar-refractivity contribution in [1.82, 2.24) is 20.7 Å². The molecule has 2 N–H and O–H groups in total. The molecule has 37 heavy (non-hydrogen) atoms. The highest BCUT2D eigenvalue weighted by Gasteiger charge is 2.23. The highest BCUT2D eigenvalue weighted by molar-refractivity contribution is 8.02. The fourth-order valence-electron chi connectivity index (χ4n) is 4.80. The molecule has 0 amide bonds. The van der Waals surface area contributed by atoms with E-state index in [-0.39, 0.29) is 5.92 Å². The molecule has 0 spiro atoms. The van der Waals surface area contributed by atoms with Crippen LogP contribution < -0.4 is 5.32 Å². The van der Waals surface area contributed by atoms with Crippen LogP contribution in [0.4, 0.5) is 0 Å². The smallest absolute Gasteiger partial charge is 0.173 e. The molecular formula is C31H40N5S+. The van der Waals surface area contributed by atoms with Crippen LogP contribution in [-0.2, 0) is 0 Å². The van der Waals surface area contributed by atoms with E-state index in [4.69, 9.17) is 0 Å². The zero-order valence-corrected chi connectivity index (χ0v) is 24.1. The zero-order chi connectivity index (χ0) is 26.5. The molecular weight excluding hydrogens is 474 g/mol. The molecule has 3 aromatic rings. The molecule has 1 saturated heterocycles. The first-order valence-corrected chi connectivity index (χ1v) is 14.2. The Morgan fingerprint density at radius 2 is 1.92 bits per heavy atom. The number of hydrogen-bond donors (Lipinski definition) is 2. The summed E-state index contributed by atoms with van der Waals surface area (Å²) in [5.41, 5.74) is 12.0. The Kier molecular flexibility index (Phi) is 8.70. The minimum atomic E-state index is 0.197. The van der Waals surface area contributed by atoms with Gasteiger partial charge in [-0.05, 0) is 67.7 Å². The lowest BCUT2D eigenvalue weighted by Crippen LogP contribution is -2.25. The van der Waals surface area contributed by atoms with E-state index in [2.05, 4.69) is 122 Å². The van der Waals surface area contributed by atoms with Gasteiger partial charge >= 0.3 is 0 Å². The van der Waals surface area contributed by atoms with E-state index in [1.807, 2.05) is 0 Å². The van der Waals surface area contributed by atoms with Gasteiger partial charge in [0.25, 0.3) is 0 Å². The quantitative estimate of drug-likeness (QED) is 0.193. The number of allylic oxidation sites excluding steroid dienone is 3. The summed E-state index contributed by atoms with van der Waals surface area (Å²) in [4.78, 5) is 1.27. The van der Waals surface area contributed by atoms with Crippen molar-refractivity contribution in [3.63, 3.8) is 0 Å². The SMILES string of the molecule is CC=[N+](C)C=C1CCCNC1=C(C)C(C)c1ccc(-c2cccc(C)c2SC=C(C)CC)c2n[nH]nc12. The molecule has 2 aromatic carbocycles. The average molecular weight is 515 g/mol. The van der Waals surface area contributed by atoms with Gasteiger partial charge in [-0.2, -0.15) is 15.4 Å². The lowest BCUT2D eigenvalue weighted by Gasteiger charge is -2.25. The van der Waals surface area contributed by atoms with Crippen molar-refractivity contribution in [2.45, 2.75) is 71.6 Å². The third kappa shape index (κ3) is 5.74. The molecule has 1 fully saturated rings. The number of aryl methyl sites for hydroxylation is 1. The molecule has 1 atom stereocenters. The van der Waals surface area contributed by atoms with Gasteiger partial charge in [-0.25, -0.2) is 4.58 Å². The van der Waals surface area contributed by atoms with Crippen LogP contribution in [0.5, 0.6) is 0 Å². The number of hydrogen-bond acceptors (Lipinski definition) is 4. The summed E-state index contributed by atoms with van der Waals surface area (Å²) in [6.07, 6.45) is 7.64. The number of H-pyrrole nitrogens is 1. The minimum absolute atomic E-state index is 0.197. The van der Waals surface area contributed by atoms with Crippen molar-refractivity contribution in [1.29, 1.82) is 0 Å². The van der Waals surface area contributed by atoms with Crippen molar-refractivity contribution in [2.24, 2.45) is 0 Å². The van der Waals surface area contributed by atoms with Gasteiger partial charge < -0.3 is 5.32 Å². The highest BCUT2D eigenvalue weighted by atomic mass is 32.2. The Bertz CT molecular complexity index is 1410. The van der Waals surface area contributed by atoms with Crippen molar-refractivity contribution in [3.8, 4) is 11.1 Å². The topological polar surface area (TPSA) is 56.6 Å². The molecule has 2 heterocycles. The molecule has 0 bridgehead atoms. The maximum absolute atomic E-state index is 4.65. The van der Waals surface area contributed by atoms with Gasteiger partial charge in [-0.1, -0.05) is 61.5 Å². The second-order valence-corrected chi connectivity index (χ2v) is 10.9. The number of fused-ring (bicyclic) bond motifs is 1. The summed E-state index contributed by atoms with van der Waals surface area (Å²) in [6, 6.07) is 11.0. The van der Waals surface area contributed by atoms with E-state index in [9.17, 15) is 0 Å². The van der Waals surface area contributed by atoms with E-state index in [0.29, 0.717) is 0 Å². The van der Waals surface area contributed by atoms with Gasteiger partial charge in [0, 0.05) is 41.1 Å². The van der Waals surface area contributed by atoms with Crippen molar-refractivity contribution in [2.75, 3.05) is 13.6 Å². The summed E-state index contributed by atoms with van der Waals surface area (Å²) < 4.78 is 2.14. The normalized spacial score (nSPS) is 18.3. The van der Waals surface area contributed by atoms with Gasteiger partial charge in [-0.15, -0.1) is 0 Å². The van der Waals surface area contributed by atoms with Crippen LogP contribution in [0.25, 0.3) is 22.2 Å². The van der Waals surface area contributed by atoms with Crippen LogP contribution in [0.15, 0.2) is 69.3 Å². The van der Waals surface area contributed by atoms with Gasteiger partial charge in [0.05, 0.1) is 0 Å². The first-order chi connectivity index (χ1) is 17.8. The number of nitrogens with zero attached hydrogens (tertiary/aromatic N) is 3. The van der Waals surface area contributed by atoms with E-state index in [1.165, 1.54) is 44.0 Å². The fraction of sp³-hybridized carbons (Fsp3) is 0.387. The Morgan fingerprint density at radius 3 is 2.68 bits per heavy atom. The third-order valence-electron chi connectivity index (χ3n) is 7.47. The largest absolute Gasteiger partial charge is 0.385 e. The molecule has 194 valence electrons. The Morgan fingerprint density at radius 1 is 1.14 bits per heavy atom. The van der Waals surface area contributed by atoms with Gasteiger partial charge in [0.1, 0.15) is 24.3 Å². The molecule has 1 unspecified atom stereocenters. The lowest BCUT2D eigenvalue weighted by atomic mass is 9.87. The molecule has 6 heteroatoms. The predicted molar refractivity (Wildman–Crippen MR) is 158 cm³/mol. The number of rotatable bonds is 7. The molecule has 0 aliphatic carbocycles. The molecule has 1 aromatic heterocycles. The van der Waals surface area contributed by atoms with Crippen molar-refractivity contribution in [3.05, 3.63) is 75.5 Å². The van der Waals surface area contributed by atoms with Crippen LogP contribution >= 0.6 is 11.8 Å². The Hall–Kier alpha value is -3.12. The maximum atomic E-state index is 4.65. The van der Waals surface area contributed by atoms with Crippen LogP contribution in [0.1, 0.15) is 70.9 Å². The van der Waals surface area contributed by atoms with Crippen molar-refractivity contribution >= 4 is 29.0 Å². The molecule has 0 radical (unpaired) electrons. The minimum Gasteiger partial charge on any atom is -0.385 e. The van der Waals surface area contributed by atoms with Crippen molar-refractivity contribution < 1.29 is 4.58 Å². The Balaban J connectivity index is 1.79. The van der Waals surface area contributed by atoms with E-state index >= 15 is 0 Å². The second-order valence-electron chi connectivity index (χ2n) is 10.00. The number of aromatic amines is 1. The molecule has 1 aliphatic rings. The van der Waals surface area contributed by atoms with Crippen LogP contribution in [-0.4, -0.2) is 39.8 Å². The summed E-state index contributed by atoms with van der Waals surface area (Å²) in [5.74, 6) is 0.197. The number of aromatic nitrogens is 3. The van der Waals surface area contributed by atoms with Crippen LogP contribution in [0.2, 0.25) is 0 Å². The second kappa shape index (κ2) is 12.0. The summed E-state index contributed by atoms with van der Waals surface area (Å²) in [5, 5.41) is 18.2. The molecule has 0 saturated carbocycles. The summed E-state index contributed by atoms with van der Waals surface area (Å²) in [7, 11) is 2.09. The van der Waals surface area contributed by atoms with Crippen LogP contribution in [0.3, 0.4) is 0 Å². The molecule has 5 nitrogen and oxygen atoms in total. The number of nitrogens with one attached hydrogen (secondary N) is 2. The summed E-state index contributed by atoms with van der Waals surface area (Å²) in [6.45, 7) is 14.2. The molecule has 4 rings (SSSR count). The van der Waals surface area contributed by atoms with E-state index in [0.717, 1.165) is 42.4 Å². The monoisotopic (exact) mass is 514 g/mol. The Labute approximate surface area is 225 Å². The van der Waals surface area contributed by atoms with Gasteiger partial charge in [0.15, 0.2) is 6.20 Å². The standard InChI is InChI=1S/C31H40N5S/c1-8-20(3)19-37-31-21(4)12-10-14-27(31)26-16-15-25(29-30(26)34-35-33-29)22(5)23(6)28-24(13-11-17-32-28)18-36(7)9-2/h9-10,12,14-16,18-19,22,32H,8,11,13,17H2,1-7H3,(H,33,34,35)/q+1. The van der Waals surface area contributed by atoms with E-state index in [1.54, 1.807) is 11.8 Å². The maximum Gasteiger partial charge on any atom is 0.173 e. The average Bonchev–Trinajstić information content (AvgIpc) is 3.41. The third-order valence-corrected chi connectivity index (χ3v) is 8.76. The number of piperidine rings is 1. The fourth-order valence-corrected chi connectivity index (χ4v) is 5.85. The molecule has 1 aliphatic heterocycles. The van der Waals surface area contributed by atoms with Gasteiger partial charge in [-0.3, -0.25) is 0 Å². The predicted octanol–water partition coefficient (Wildman–Crippen LogP) is 7.72. The highest BCUT2D eigenvalue weighted by Crippen LogP contribution is 2.40.